The molecule has 1 N–H and O–H groups in total. The molecular weight excluding hydrogens is 417 g/mol. The fraction of sp³-hybridized carbons (Fsp3) is 0.143. The van der Waals surface area contributed by atoms with Gasteiger partial charge in [-0.25, -0.2) is 4.39 Å². The molecule has 26 heavy (non-hydrogen) atoms. The number of benzene rings is 3. The Labute approximate surface area is 166 Å². The largest absolute Gasteiger partial charge is 0.489 e. The van der Waals surface area contributed by atoms with Gasteiger partial charge < -0.3 is 10.1 Å². The lowest BCUT2D eigenvalue weighted by Crippen LogP contribution is -2.04. The van der Waals surface area contributed by atoms with Crippen LogP contribution in [-0.2, 0) is 13.2 Å². The monoisotopic (exact) mass is 433 g/mol. The molecule has 2 nitrogen and oxygen atoms in total. The molecule has 0 amide bonds. The maximum absolute atomic E-state index is 13.3. The molecule has 0 heterocycles. The molecule has 0 saturated carbocycles. The van der Waals surface area contributed by atoms with Crippen molar-refractivity contribution >= 4 is 33.2 Å². The molecule has 0 atom stereocenters. The van der Waals surface area contributed by atoms with Crippen LogP contribution in [0.2, 0.25) is 5.02 Å². The summed E-state index contributed by atoms with van der Waals surface area (Å²) in [6.45, 7) is 3.09. The van der Waals surface area contributed by atoms with Crippen LogP contribution in [0.3, 0.4) is 0 Å². The molecule has 0 aromatic heterocycles. The summed E-state index contributed by atoms with van der Waals surface area (Å²) in [7, 11) is 0. The van der Waals surface area contributed by atoms with Gasteiger partial charge in [0.2, 0.25) is 0 Å². The van der Waals surface area contributed by atoms with E-state index in [-0.39, 0.29) is 5.02 Å². The van der Waals surface area contributed by atoms with E-state index in [1.54, 1.807) is 12.1 Å². The summed E-state index contributed by atoms with van der Waals surface area (Å²) in [5, 5.41) is 3.35. The Morgan fingerprint density at radius 2 is 1.81 bits per heavy atom. The van der Waals surface area contributed by atoms with Crippen LogP contribution in [-0.4, -0.2) is 0 Å². The molecule has 0 fully saturated rings. The molecule has 0 aliphatic heterocycles. The van der Waals surface area contributed by atoms with Crippen molar-refractivity contribution in [1.82, 2.24) is 0 Å². The van der Waals surface area contributed by atoms with Crippen molar-refractivity contribution in [2.45, 2.75) is 20.1 Å². The number of anilines is 1. The van der Waals surface area contributed by atoms with Crippen LogP contribution >= 0.6 is 27.5 Å². The van der Waals surface area contributed by atoms with E-state index in [1.165, 1.54) is 11.6 Å². The maximum atomic E-state index is 13.3. The summed E-state index contributed by atoms with van der Waals surface area (Å²) < 4.78 is 20.2. The Morgan fingerprint density at radius 1 is 1.04 bits per heavy atom. The number of rotatable bonds is 6. The summed E-state index contributed by atoms with van der Waals surface area (Å²) in [5.41, 5.74) is 4.08. The van der Waals surface area contributed by atoms with E-state index in [0.29, 0.717) is 13.2 Å². The average molecular weight is 435 g/mol. The lowest BCUT2D eigenvalue weighted by atomic mass is 10.1. The van der Waals surface area contributed by atoms with Crippen LogP contribution in [0.4, 0.5) is 10.1 Å². The standard InChI is InChI=1S/C21H18BrClFNO/c1-14-2-4-15(5-3-14)13-26-21-9-6-17(22)10-16(21)12-25-18-7-8-20(24)19(23)11-18/h2-11,25H,12-13H2,1H3. The molecular formula is C21H18BrClFNO. The van der Waals surface area contributed by atoms with Crippen molar-refractivity contribution in [3.05, 3.63) is 92.7 Å². The second kappa shape index (κ2) is 8.56. The van der Waals surface area contributed by atoms with E-state index in [2.05, 4.69) is 52.4 Å². The zero-order valence-electron chi connectivity index (χ0n) is 14.2. The molecule has 0 aliphatic carbocycles. The molecule has 134 valence electrons. The van der Waals surface area contributed by atoms with Gasteiger partial charge in [0.05, 0.1) is 5.02 Å². The van der Waals surface area contributed by atoms with Gasteiger partial charge >= 0.3 is 0 Å². The third-order valence-corrected chi connectivity index (χ3v) is 4.72. The third-order valence-electron chi connectivity index (χ3n) is 3.94. The number of halogens is 3. The first-order valence-corrected chi connectivity index (χ1v) is 9.34. The molecule has 5 heteroatoms. The Morgan fingerprint density at radius 3 is 2.54 bits per heavy atom. The number of nitrogens with one attached hydrogen (secondary N) is 1. The number of aryl methyl sites for hydroxylation is 1. The van der Waals surface area contributed by atoms with Crippen LogP contribution in [0, 0.1) is 12.7 Å². The lowest BCUT2D eigenvalue weighted by molar-refractivity contribution is 0.303. The summed E-state index contributed by atoms with van der Waals surface area (Å²) in [6.07, 6.45) is 0. The van der Waals surface area contributed by atoms with E-state index < -0.39 is 5.82 Å². The van der Waals surface area contributed by atoms with Gasteiger partial charge in [-0.05, 0) is 48.9 Å². The summed E-state index contributed by atoms with van der Waals surface area (Å²) in [6, 6.07) is 18.7. The summed E-state index contributed by atoms with van der Waals surface area (Å²) in [4.78, 5) is 0. The van der Waals surface area contributed by atoms with Gasteiger partial charge in [0, 0.05) is 22.3 Å². The average Bonchev–Trinajstić information content (AvgIpc) is 2.63. The van der Waals surface area contributed by atoms with Gasteiger partial charge in [-0.3, -0.25) is 0 Å². The van der Waals surface area contributed by atoms with Crippen LogP contribution in [0.1, 0.15) is 16.7 Å². The predicted molar refractivity (Wildman–Crippen MR) is 108 cm³/mol. The van der Waals surface area contributed by atoms with Crippen LogP contribution in [0.5, 0.6) is 5.75 Å². The minimum Gasteiger partial charge on any atom is -0.489 e. The van der Waals surface area contributed by atoms with Crippen LogP contribution in [0.25, 0.3) is 0 Å². The van der Waals surface area contributed by atoms with Gasteiger partial charge in [0.1, 0.15) is 18.2 Å². The highest BCUT2D eigenvalue weighted by atomic mass is 79.9. The summed E-state index contributed by atoms with van der Waals surface area (Å²) in [5.74, 6) is 0.372. The zero-order valence-corrected chi connectivity index (χ0v) is 16.6. The first-order chi connectivity index (χ1) is 12.5. The second-order valence-electron chi connectivity index (χ2n) is 6.01. The molecule has 0 spiro atoms. The smallest absolute Gasteiger partial charge is 0.141 e. The molecule has 0 bridgehead atoms. The zero-order chi connectivity index (χ0) is 18.5. The fourth-order valence-corrected chi connectivity index (χ4v) is 3.06. The van der Waals surface area contributed by atoms with E-state index >= 15 is 0 Å². The summed E-state index contributed by atoms with van der Waals surface area (Å²) >= 11 is 9.33. The highest BCUT2D eigenvalue weighted by Crippen LogP contribution is 2.26. The Balaban J connectivity index is 1.70. The Hall–Kier alpha value is -2.04. The molecule has 0 aliphatic rings. The van der Waals surface area contributed by atoms with Gasteiger partial charge in [-0.1, -0.05) is 57.4 Å². The molecule has 3 aromatic carbocycles. The van der Waals surface area contributed by atoms with E-state index in [0.717, 1.165) is 27.0 Å². The van der Waals surface area contributed by atoms with Crippen LogP contribution < -0.4 is 10.1 Å². The van der Waals surface area contributed by atoms with Crippen molar-refractivity contribution in [1.29, 1.82) is 0 Å². The highest BCUT2D eigenvalue weighted by Gasteiger charge is 2.07. The van der Waals surface area contributed by atoms with E-state index in [4.69, 9.17) is 16.3 Å². The minimum atomic E-state index is -0.429. The number of hydrogen-bond donors (Lipinski definition) is 1. The second-order valence-corrected chi connectivity index (χ2v) is 7.33. The van der Waals surface area contributed by atoms with Crippen molar-refractivity contribution in [2.75, 3.05) is 5.32 Å². The maximum Gasteiger partial charge on any atom is 0.141 e. The topological polar surface area (TPSA) is 21.3 Å². The SMILES string of the molecule is Cc1ccc(COc2ccc(Br)cc2CNc2ccc(F)c(Cl)c2)cc1. The third kappa shape index (κ3) is 4.99. The van der Waals surface area contributed by atoms with Gasteiger partial charge in [0.25, 0.3) is 0 Å². The fourth-order valence-electron chi connectivity index (χ4n) is 2.48. The first-order valence-electron chi connectivity index (χ1n) is 8.17. The number of hydrogen-bond acceptors (Lipinski definition) is 2. The van der Waals surface area contributed by atoms with Crippen molar-refractivity contribution in [2.24, 2.45) is 0 Å². The van der Waals surface area contributed by atoms with Crippen molar-refractivity contribution < 1.29 is 9.13 Å². The quantitative estimate of drug-likeness (QED) is 0.464. The van der Waals surface area contributed by atoms with Gasteiger partial charge in [-0.2, -0.15) is 0 Å². The molecule has 0 radical (unpaired) electrons. The molecule has 3 aromatic rings. The number of ether oxygens (including phenoxy) is 1. The Bertz CT molecular complexity index is 899. The van der Waals surface area contributed by atoms with Crippen LogP contribution in [0.15, 0.2) is 65.1 Å². The minimum absolute atomic E-state index is 0.0973. The lowest BCUT2D eigenvalue weighted by Gasteiger charge is -2.14. The van der Waals surface area contributed by atoms with Gasteiger partial charge in [-0.15, -0.1) is 0 Å². The predicted octanol–water partition coefficient (Wildman–Crippen LogP) is 6.74. The molecule has 3 rings (SSSR count). The normalized spacial score (nSPS) is 10.6. The molecule has 0 saturated heterocycles. The Kier molecular flexibility index (Phi) is 6.17. The van der Waals surface area contributed by atoms with Gasteiger partial charge in [0.15, 0.2) is 0 Å². The van der Waals surface area contributed by atoms with E-state index in [9.17, 15) is 4.39 Å². The molecule has 0 unspecified atom stereocenters. The van der Waals surface area contributed by atoms with E-state index in [1.807, 2.05) is 18.2 Å². The highest BCUT2D eigenvalue weighted by molar-refractivity contribution is 9.10. The van der Waals surface area contributed by atoms with Crippen molar-refractivity contribution in [3.8, 4) is 5.75 Å². The first kappa shape index (κ1) is 18.7. The van der Waals surface area contributed by atoms with Crippen molar-refractivity contribution in [3.63, 3.8) is 0 Å².